The number of nitrogens with zero attached hydrogens (tertiary/aromatic N) is 1. The molecule has 5 nitrogen and oxygen atoms in total. The number of carbonyl (C=O) groups is 2. The van der Waals surface area contributed by atoms with Crippen molar-refractivity contribution in [1.29, 1.82) is 0 Å². The second-order valence-corrected chi connectivity index (χ2v) is 6.73. The van der Waals surface area contributed by atoms with Crippen molar-refractivity contribution in [3.05, 3.63) is 0 Å². The smallest absolute Gasteiger partial charge is 0.311 e. The van der Waals surface area contributed by atoms with Gasteiger partial charge in [0.1, 0.15) is 12.7 Å². The quantitative estimate of drug-likeness (QED) is 0.529. The SMILES string of the molecule is CCC(C)(CC(C)(C)C(=O)OCC1CO1)C(=O)N(C)C. The van der Waals surface area contributed by atoms with Crippen molar-refractivity contribution in [1.82, 2.24) is 4.90 Å². The lowest BCUT2D eigenvalue weighted by Gasteiger charge is -2.36. The normalized spacial score (nSPS) is 21.0. The van der Waals surface area contributed by atoms with Gasteiger partial charge in [0.15, 0.2) is 0 Å². The minimum absolute atomic E-state index is 0.0476. The first kappa shape index (κ1) is 17.0. The largest absolute Gasteiger partial charge is 0.462 e. The molecule has 1 saturated heterocycles. The van der Waals surface area contributed by atoms with E-state index in [1.54, 1.807) is 19.0 Å². The van der Waals surface area contributed by atoms with E-state index in [1.165, 1.54) is 0 Å². The lowest BCUT2D eigenvalue weighted by molar-refractivity contribution is -0.158. The molecule has 0 N–H and O–H groups in total. The van der Waals surface area contributed by atoms with Gasteiger partial charge in [-0.15, -0.1) is 0 Å². The van der Waals surface area contributed by atoms with Crippen LogP contribution < -0.4 is 0 Å². The van der Waals surface area contributed by atoms with Crippen LogP contribution >= 0.6 is 0 Å². The van der Waals surface area contributed by atoms with Crippen LogP contribution in [0.3, 0.4) is 0 Å². The Labute approximate surface area is 121 Å². The van der Waals surface area contributed by atoms with Gasteiger partial charge in [-0.3, -0.25) is 9.59 Å². The molecule has 1 fully saturated rings. The molecular formula is C15H27NO4. The van der Waals surface area contributed by atoms with E-state index in [2.05, 4.69) is 0 Å². The van der Waals surface area contributed by atoms with Crippen molar-refractivity contribution < 1.29 is 19.1 Å². The Hall–Kier alpha value is -1.10. The topological polar surface area (TPSA) is 59.1 Å². The molecule has 0 aromatic heterocycles. The standard InChI is InChI=1S/C15H27NO4/c1-7-15(4,12(17)16(5)6)10-14(2,3)13(18)20-9-11-8-19-11/h11H,7-10H2,1-6H3. The maximum Gasteiger partial charge on any atom is 0.311 e. The molecule has 20 heavy (non-hydrogen) atoms. The highest BCUT2D eigenvalue weighted by molar-refractivity contribution is 5.83. The Kier molecular flexibility index (Phi) is 5.19. The van der Waals surface area contributed by atoms with Crippen LogP contribution in [0, 0.1) is 10.8 Å². The second-order valence-electron chi connectivity index (χ2n) is 6.73. The highest BCUT2D eigenvalue weighted by Gasteiger charge is 2.42. The van der Waals surface area contributed by atoms with Crippen LogP contribution in [0.4, 0.5) is 0 Å². The van der Waals surface area contributed by atoms with E-state index in [9.17, 15) is 9.59 Å². The molecule has 1 rings (SSSR count). The lowest BCUT2D eigenvalue weighted by atomic mass is 9.71. The van der Waals surface area contributed by atoms with Crippen molar-refractivity contribution in [2.75, 3.05) is 27.3 Å². The summed E-state index contributed by atoms with van der Waals surface area (Å²) in [6, 6.07) is 0. The highest BCUT2D eigenvalue weighted by Crippen LogP contribution is 2.38. The summed E-state index contributed by atoms with van der Waals surface area (Å²) in [6.07, 6.45) is 1.22. The summed E-state index contributed by atoms with van der Waals surface area (Å²) < 4.78 is 10.3. The zero-order chi connectivity index (χ0) is 15.6. The van der Waals surface area contributed by atoms with E-state index in [1.807, 2.05) is 27.7 Å². The van der Waals surface area contributed by atoms with Gasteiger partial charge in [0.05, 0.1) is 12.0 Å². The third-order valence-electron chi connectivity index (χ3n) is 3.89. The first-order valence-corrected chi connectivity index (χ1v) is 7.13. The summed E-state index contributed by atoms with van der Waals surface area (Å²) in [5.74, 6) is -0.217. The third kappa shape index (κ3) is 4.20. The molecular weight excluding hydrogens is 258 g/mol. The molecule has 2 atom stereocenters. The van der Waals surface area contributed by atoms with Gasteiger partial charge in [0, 0.05) is 19.5 Å². The first-order chi connectivity index (χ1) is 9.12. The fourth-order valence-electron chi connectivity index (χ4n) is 2.47. The van der Waals surface area contributed by atoms with Gasteiger partial charge in [-0.1, -0.05) is 13.8 Å². The summed E-state index contributed by atoms with van der Waals surface area (Å²) in [6.45, 7) is 8.53. The molecule has 1 heterocycles. The van der Waals surface area contributed by atoms with Gasteiger partial charge < -0.3 is 14.4 Å². The summed E-state index contributed by atoms with van der Waals surface area (Å²) in [7, 11) is 3.48. The van der Waals surface area contributed by atoms with Crippen molar-refractivity contribution in [2.24, 2.45) is 10.8 Å². The molecule has 5 heteroatoms. The lowest BCUT2D eigenvalue weighted by Crippen LogP contribution is -2.43. The van der Waals surface area contributed by atoms with E-state index in [0.29, 0.717) is 26.1 Å². The fourth-order valence-corrected chi connectivity index (χ4v) is 2.47. The van der Waals surface area contributed by atoms with Gasteiger partial charge in [-0.05, 0) is 26.7 Å². The molecule has 0 radical (unpaired) electrons. The Balaban J connectivity index is 2.69. The highest BCUT2D eigenvalue weighted by atomic mass is 16.6. The first-order valence-electron chi connectivity index (χ1n) is 7.13. The number of amides is 1. The number of epoxide rings is 1. The van der Waals surface area contributed by atoms with Gasteiger partial charge in [-0.25, -0.2) is 0 Å². The number of hydrogen-bond acceptors (Lipinski definition) is 4. The molecule has 1 aliphatic heterocycles. The fraction of sp³-hybridized carbons (Fsp3) is 0.867. The minimum Gasteiger partial charge on any atom is -0.462 e. The van der Waals surface area contributed by atoms with E-state index < -0.39 is 10.8 Å². The van der Waals surface area contributed by atoms with Crippen LogP contribution in [-0.2, 0) is 19.1 Å². The number of carbonyl (C=O) groups excluding carboxylic acids is 2. The van der Waals surface area contributed by atoms with Gasteiger partial charge in [0.25, 0.3) is 0 Å². The molecule has 0 aromatic carbocycles. The van der Waals surface area contributed by atoms with E-state index in [0.717, 1.165) is 0 Å². The average molecular weight is 285 g/mol. The van der Waals surface area contributed by atoms with E-state index in [-0.39, 0.29) is 18.0 Å². The van der Waals surface area contributed by atoms with Crippen molar-refractivity contribution >= 4 is 11.9 Å². The summed E-state index contributed by atoms with van der Waals surface area (Å²) in [5, 5.41) is 0. The van der Waals surface area contributed by atoms with Crippen molar-refractivity contribution in [3.8, 4) is 0 Å². The van der Waals surface area contributed by atoms with Crippen molar-refractivity contribution in [2.45, 2.75) is 46.6 Å². The monoisotopic (exact) mass is 285 g/mol. The summed E-state index contributed by atoms with van der Waals surface area (Å²) in [5.41, 5.74) is -1.24. The second kappa shape index (κ2) is 6.12. The predicted octanol–water partition coefficient (Wildman–Crippen LogP) is 1.85. The summed E-state index contributed by atoms with van der Waals surface area (Å²) >= 11 is 0. The maximum absolute atomic E-state index is 12.3. The Morgan fingerprint density at radius 1 is 1.30 bits per heavy atom. The Morgan fingerprint density at radius 2 is 1.85 bits per heavy atom. The number of ether oxygens (including phenoxy) is 2. The van der Waals surface area contributed by atoms with Gasteiger partial charge in [-0.2, -0.15) is 0 Å². The Bertz CT molecular complexity index is 374. The molecule has 1 amide bonds. The molecule has 0 aromatic rings. The molecule has 0 bridgehead atoms. The predicted molar refractivity (Wildman–Crippen MR) is 76.2 cm³/mol. The zero-order valence-corrected chi connectivity index (χ0v) is 13.5. The number of esters is 1. The van der Waals surface area contributed by atoms with Gasteiger partial charge >= 0.3 is 5.97 Å². The van der Waals surface area contributed by atoms with Crippen LogP contribution in [-0.4, -0.2) is 50.2 Å². The Morgan fingerprint density at radius 3 is 2.25 bits per heavy atom. The van der Waals surface area contributed by atoms with Crippen LogP contribution in [0.1, 0.15) is 40.5 Å². The molecule has 1 aliphatic rings. The van der Waals surface area contributed by atoms with Crippen LogP contribution in [0.5, 0.6) is 0 Å². The van der Waals surface area contributed by atoms with Crippen LogP contribution in [0.25, 0.3) is 0 Å². The van der Waals surface area contributed by atoms with E-state index >= 15 is 0 Å². The third-order valence-corrected chi connectivity index (χ3v) is 3.89. The average Bonchev–Trinajstić information content (AvgIpc) is 3.17. The molecule has 0 aliphatic carbocycles. The van der Waals surface area contributed by atoms with Crippen molar-refractivity contribution in [3.63, 3.8) is 0 Å². The molecule has 0 spiro atoms. The molecule has 2 unspecified atom stereocenters. The molecule has 0 saturated carbocycles. The maximum atomic E-state index is 12.3. The number of hydrogen-bond donors (Lipinski definition) is 0. The van der Waals surface area contributed by atoms with Gasteiger partial charge in [0.2, 0.25) is 5.91 Å². The minimum atomic E-state index is -0.689. The zero-order valence-electron chi connectivity index (χ0n) is 13.5. The van der Waals surface area contributed by atoms with E-state index in [4.69, 9.17) is 9.47 Å². The summed E-state index contributed by atoms with van der Waals surface area (Å²) in [4.78, 5) is 26.1. The van der Waals surface area contributed by atoms with Crippen LogP contribution in [0.15, 0.2) is 0 Å². The van der Waals surface area contributed by atoms with Crippen LogP contribution in [0.2, 0.25) is 0 Å². The number of rotatable bonds is 7. The molecule has 116 valence electrons.